The van der Waals surface area contributed by atoms with E-state index >= 15 is 0 Å². The number of aliphatic carboxylic acids is 1. The summed E-state index contributed by atoms with van der Waals surface area (Å²) in [4.78, 5) is 42.3. The van der Waals surface area contributed by atoms with E-state index in [1.165, 1.54) is 7.05 Å². The van der Waals surface area contributed by atoms with E-state index in [2.05, 4.69) is 16.4 Å². The minimum atomic E-state index is -0.945. The van der Waals surface area contributed by atoms with Crippen molar-refractivity contribution in [2.75, 3.05) is 26.8 Å². The molecule has 0 saturated heterocycles. The van der Waals surface area contributed by atoms with Crippen LogP contribution in [0.4, 0.5) is 0 Å². The van der Waals surface area contributed by atoms with Crippen LogP contribution in [-0.2, 0) is 16.8 Å². The Kier molecular flexibility index (Phi) is 9.24. The number of fused-ring (bicyclic) bond motifs is 1. The van der Waals surface area contributed by atoms with Crippen LogP contribution in [0.25, 0.3) is 0 Å². The van der Waals surface area contributed by atoms with Crippen LogP contribution in [0.3, 0.4) is 0 Å². The molecular formula is C28H33N5O6. The summed E-state index contributed by atoms with van der Waals surface area (Å²) < 4.78 is 11.4. The molecule has 0 atom stereocenters. The number of nitrogens with zero attached hydrogens (tertiary/aromatic N) is 3. The van der Waals surface area contributed by atoms with Crippen LogP contribution < -0.4 is 14.8 Å². The summed E-state index contributed by atoms with van der Waals surface area (Å²) in [6.45, 7) is 6.04. The molecule has 0 unspecified atom stereocenters. The summed E-state index contributed by atoms with van der Waals surface area (Å²) in [5.74, 6) is -0.739. The number of nitriles is 1. The third-order valence-electron chi connectivity index (χ3n) is 6.34. The fourth-order valence-corrected chi connectivity index (χ4v) is 4.18. The molecule has 0 radical (unpaired) electrons. The van der Waals surface area contributed by atoms with Gasteiger partial charge in [-0.3, -0.25) is 19.8 Å². The smallest absolute Gasteiger partial charge is 0.303 e. The van der Waals surface area contributed by atoms with Gasteiger partial charge in [0.2, 0.25) is 0 Å². The van der Waals surface area contributed by atoms with Gasteiger partial charge < -0.3 is 24.8 Å². The van der Waals surface area contributed by atoms with Gasteiger partial charge in [0.05, 0.1) is 31.2 Å². The number of ether oxygens (including phenoxy) is 2. The van der Waals surface area contributed by atoms with Gasteiger partial charge in [0.15, 0.2) is 17.2 Å². The first kappa shape index (κ1) is 29.1. The third kappa shape index (κ3) is 6.71. The SMILES string of the molecule is CCOc1cc2c(nc1C(=O)NC)C(=N)N(CC(=O)c1ccc(OCCCCC(=O)O)c(C(C)(C)C#N)c1)C2. The first-order valence-electron chi connectivity index (χ1n) is 12.7. The van der Waals surface area contributed by atoms with Gasteiger partial charge in [-0.15, -0.1) is 0 Å². The van der Waals surface area contributed by atoms with E-state index in [1.54, 1.807) is 49.9 Å². The standard InChI is InChI=1S/C28H33N5O6/c1-5-38-22-13-18-14-33(26(30)24(18)32-25(22)27(37)31-4)15-20(34)17-9-10-21(19(12-17)28(2,3)16-29)39-11-7-6-8-23(35)36/h9-10,12-13,30H,5-8,11,14-15H2,1-4H3,(H,31,37)(H,35,36). The quantitative estimate of drug-likeness (QED) is 0.258. The Morgan fingerprint density at radius 3 is 2.59 bits per heavy atom. The predicted octanol–water partition coefficient (Wildman–Crippen LogP) is 3.30. The molecule has 3 rings (SSSR count). The van der Waals surface area contributed by atoms with Crippen molar-refractivity contribution < 1.29 is 29.0 Å². The number of hydrogen-bond donors (Lipinski definition) is 3. The second-order valence-electron chi connectivity index (χ2n) is 9.63. The highest BCUT2D eigenvalue weighted by Crippen LogP contribution is 2.33. The van der Waals surface area contributed by atoms with E-state index < -0.39 is 17.3 Å². The lowest BCUT2D eigenvalue weighted by Gasteiger charge is -2.22. The lowest BCUT2D eigenvalue weighted by molar-refractivity contribution is -0.137. The van der Waals surface area contributed by atoms with E-state index in [9.17, 15) is 19.6 Å². The zero-order chi connectivity index (χ0) is 28.7. The predicted molar refractivity (Wildman–Crippen MR) is 142 cm³/mol. The number of nitrogens with one attached hydrogen (secondary N) is 2. The van der Waals surface area contributed by atoms with Crippen LogP contribution in [0.1, 0.15) is 77.7 Å². The van der Waals surface area contributed by atoms with Crippen LogP contribution in [-0.4, -0.2) is 65.3 Å². The first-order chi connectivity index (χ1) is 18.5. The van der Waals surface area contributed by atoms with Crippen molar-refractivity contribution in [3.8, 4) is 17.6 Å². The van der Waals surface area contributed by atoms with Crippen molar-refractivity contribution in [3.63, 3.8) is 0 Å². The molecule has 2 aromatic rings. The molecule has 206 valence electrons. The highest BCUT2D eigenvalue weighted by Gasteiger charge is 2.31. The number of ketones is 1. The lowest BCUT2D eigenvalue weighted by atomic mass is 9.84. The molecule has 0 saturated carbocycles. The summed E-state index contributed by atoms with van der Waals surface area (Å²) in [5.41, 5.74) is 1.05. The molecule has 11 nitrogen and oxygen atoms in total. The lowest BCUT2D eigenvalue weighted by Crippen LogP contribution is -2.31. The van der Waals surface area contributed by atoms with Crippen molar-refractivity contribution in [2.45, 2.75) is 52.0 Å². The second kappa shape index (κ2) is 12.4. The molecular weight excluding hydrogens is 502 g/mol. The monoisotopic (exact) mass is 535 g/mol. The maximum Gasteiger partial charge on any atom is 0.303 e. The minimum absolute atomic E-state index is 0.0328. The van der Waals surface area contributed by atoms with Crippen LogP contribution in [0.15, 0.2) is 24.3 Å². The number of unbranched alkanes of at least 4 members (excludes halogenated alkanes) is 1. The van der Waals surface area contributed by atoms with E-state index in [0.717, 1.165) is 0 Å². The number of carboxylic acids is 1. The Morgan fingerprint density at radius 1 is 1.21 bits per heavy atom. The third-order valence-corrected chi connectivity index (χ3v) is 6.34. The second-order valence-corrected chi connectivity index (χ2v) is 9.63. The number of carbonyl (C=O) groups excluding carboxylic acids is 2. The summed E-state index contributed by atoms with van der Waals surface area (Å²) >= 11 is 0. The van der Waals surface area contributed by atoms with E-state index in [4.69, 9.17) is 20.0 Å². The number of carboxylic acid groups (broad SMARTS) is 1. The maximum atomic E-state index is 13.3. The summed E-state index contributed by atoms with van der Waals surface area (Å²) in [6, 6.07) is 8.83. The Hall–Kier alpha value is -4.46. The normalized spacial score (nSPS) is 12.5. The average Bonchev–Trinajstić information content (AvgIpc) is 3.21. The van der Waals surface area contributed by atoms with Crippen molar-refractivity contribution in [2.24, 2.45) is 0 Å². The number of aromatic nitrogens is 1. The van der Waals surface area contributed by atoms with E-state index in [1.807, 2.05) is 0 Å². The highest BCUT2D eigenvalue weighted by atomic mass is 16.5. The number of benzene rings is 1. The molecule has 1 aromatic heterocycles. The Balaban J connectivity index is 1.79. The molecule has 1 aliphatic rings. The summed E-state index contributed by atoms with van der Waals surface area (Å²) in [7, 11) is 1.49. The van der Waals surface area contributed by atoms with Gasteiger partial charge in [0, 0.05) is 36.7 Å². The van der Waals surface area contributed by atoms with Gasteiger partial charge in [-0.25, -0.2) is 4.98 Å². The Morgan fingerprint density at radius 2 is 1.95 bits per heavy atom. The highest BCUT2D eigenvalue weighted by molar-refractivity contribution is 6.05. The van der Waals surface area contributed by atoms with Crippen LogP contribution in [0.5, 0.6) is 11.5 Å². The fraction of sp³-hybridized carbons (Fsp3) is 0.429. The van der Waals surface area contributed by atoms with Gasteiger partial charge in [-0.2, -0.15) is 5.26 Å². The van der Waals surface area contributed by atoms with E-state index in [0.29, 0.717) is 53.3 Å². The first-order valence-corrected chi connectivity index (χ1v) is 12.7. The topological polar surface area (TPSA) is 166 Å². The van der Waals surface area contributed by atoms with Crippen molar-refractivity contribution in [1.29, 1.82) is 10.7 Å². The molecule has 0 bridgehead atoms. The molecule has 3 N–H and O–H groups in total. The van der Waals surface area contributed by atoms with Crippen molar-refractivity contribution >= 4 is 23.5 Å². The van der Waals surface area contributed by atoms with E-state index in [-0.39, 0.29) is 43.4 Å². The van der Waals surface area contributed by atoms with Crippen molar-refractivity contribution in [1.82, 2.24) is 15.2 Å². The number of pyridine rings is 1. The molecule has 11 heteroatoms. The largest absolute Gasteiger partial charge is 0.493 e. The summed E-state index contributed by atoms with van der Waals surface area (Å²) in [6.07, 6.45) is 1.06. The molecule has 0 fully saturated rings. The molecule has 0 aliphatic carbocycles. The van der Waals surface area contributed by atoms with Gasteiger partial charge in [0.25, 0.3) is 5.91 Å². The average molecular weight is 536 g/mol. The van der Waals surface area contributed by atoms with Gasteiger partial charge in [0.1, 0.15) is 17.3 Å². The van der Waals surface area contributed by atoms with Gasteiger partial charge in [-0.1, -0.05) is 0 Å². The van der Waals surface area contributed by atoms with Crippen molar-refractivity contribution in [3.05, 3.63) is 52.3 Å². The number of amidine groups is 1. The zero-order valence-electron chi connectivity index (χ0n) is 22.6. The maximum absolute atomic E-state index is 13.3. The van der Waals surface area contributed by atoms with Gasteiger partial charge in [-0.05, 0) is 57.9 Å². The molecule has 2 heterocycles. The van der Waals surface area contributed by atoms with Crippen LogP contribution >= 0.6 is 0 Å². The number of hydrogen-bond acceptors (Lipinski definition) is 8. The summed E-state index contributed by atoms with van der Waals surface area (Å²) in [5, 5.41) is 29.6. The molecule has 1 aliphatic heterocycles. The fourth-order valence-electron chi connectivity index (χ4n) is 4.18. The number of amides is 1. The Labute approximate surface area is 227 Å². The molecule has 1 aromatic carbocycles. The Bertz CT molecular complexity index is 1330. The molecule has 39 heavy (non-hydrogen) atoms. The van der Waals surface area contributed by atoms with Crippen LogP contribution in [0.2, 0.25) is 0 Å². The number of rotatable bonds is 13. The molecule has 0 spiro atoms. The van der Waals surface area contributed by atoms with Crippen LogP contribution in [0, 0.1) is 16.7 Å². The zero-order valence-corrected chi connectivity index (χ0v) is 22.6. The molecule has 1 amide bonds. The number of carbonyl (C=O) groups is 3. The van der Waals surface area contributed by atoms with Gasteiger partial charge >= 0.3 is 5.97 Å². The minimum Gasteiger partial charge on any atom is -0.493 e. The number of Topliss-reactive ketones (excluding diaryl/α,β-unsaturated/α-hetero) is 1.